The van der Waals surface area contributed by atoms with Gasteiger partial charge in [-0.25, -0.2) is 0 Å². The molecule has 6 heteroatoms. The molecule has 2 fully saturated rings. The molecule has 0 spiro atoms. The zero-order valence-corrected chi connectivity index (χ0v) is 13.7. The van der Waals surface area contributed by atoms with Crippen LogP contribution in [0.25, 0.3) is 10.2 Å². The molecule has 2 aliphatic rings. The van der Waals surface area contributed by atoms with Crippen LogP contribution in [0.5, 0.6) is 0 Å². The van der Waals surface area contributed by atoms with Crippen molar-refractivity contribution in [3.8, 4) is 0 Å². The number of nitrogens with one attached hydrogen (secondary N) is 1. The van der Waals surface area contributed by atoms with E-state index in [1.165, 1.54) is 19.3 Å². The molecule has 2 atom stereocenters. The highest BCUT2D eigenvalue weighted by atomic mass is 32.1. The molecule has 4 heterocycles. The SMILES string of the molecule is CN1C2CCCC1CC(n1c(=S)[nH]c3sccc3c1=O)C2. The van der Waals surface area contributed by atoms with Gasteiger partial charge in [-0.3, -0.25) is 9.36 Å². The van der Waals surface area contributed by atoms with Gasteiger partial charge in [0.1, 0.15) is 4.83 Å². The predicted molar refractivity (Wildman–Crippen MR) is 88.7 cm³/mol. The first-order valence-electron chi connectivity index (χ1n) is 7.59. The van der Waals surface area contributed by atoms with Crippen molar-refractivity contribution in [1.82, 2.24) is 14.5 Å². The van der Waals surface area contributed by atoms with Gasteiger partial charge in [-0.05, 0) is 56.4 Å². The molecule has 2 unspecified atom stereocenters. The Kier molecular flexibility index (Phi) is 3.28. The maximum Gasteiger partial charge on any atom is 0.263 e. The van der Waals surface area contributed by atoms with E-state index in [4.69, 9.17) is 12.2 Å². The quantitative estimate of drug-likeness (QED) is 0.819. The minimum atomic E-state index is 0.0858. The van der Waals surface area contributed by atoms with Crippen molar-refractivity contribution in [2.75, 3.05) is 7.05 Å². The van der Waals surface area contributed by atoms with Gasteiger partial charge in [-0.1, -0.05) is 6.42 Å². The molecule has 2 aromatic heterocycles. The normalized spacial score (nSPS) is 29.9. The smallest absolute Gasteiger partial charge is 0.263 e. The zero-order chi connectivity index (χ0) is 14.6. The molecule has 2 aromatic rings. The van der Waals surface area contributed by atoms with E-state index in [2.05, 4.69) is 16.9 Å². The van der Waals surface area contributed by atoms with Crippen molar-refractivity contribution in [1.29, 1.82) is 0 Å². The van der Waals surface area contributed by atoms with Gasteiger partial charge >= 0.3 is 0 Å². The third-order valence-electron chi connectivity index (χ3n) is 5.23. The van der Waals surface area contributed by atoms with E-state index in [0.29, 0.717) is 16.9 Å². The highest BCUT2D eigenvalue weighted by molar-refractivity contribution is 7.71. The van der Waals surface area contributed by atoms with Gasteiger partial charge < -0.3 is 9.88 Å². The van der Waals surface area contributed by atoms with Gasteiger partial charge in [0.25, 0.3) is 5.56 Å². The van der Waals surface area contributed by atoms with Crippen molar-refractivity contribution < 1.29 is 0 Å². The summed E-state index contributed by atoms with van der Waals surface area (Å²) in [6.07, 6.45) is 5.89. The average Bonchev–Trinajstić information content (AvgIpc) is 2.88. The lowest BCUT2D eigenvalue weighted by Gasteiger charge is -2.47. The zero-order valence-electron chi connectivity index (χ0n) is 12.0. The van der Waals surface area contributed by atoms with E-state index < -0.39 is 0 Å². The van der Waals surface area contributed by atoms with Crippen LogP contribution in [-0.4, -0.2) is 33.6 Å². The van der Waals surface area contributed by atoms with Gasteiger partial charge in [0.2, 0.25) is 0 Å². The van der Waals surface area contributed by atoms with Crippen LogP contribution in [0, 0.1) is 4.77 Å². The molecule has 0 amide bonds. The van der Waals surface area contributed by atoms with E-state index in [1.54, 1.807) is 11.3 Å². The van der Waals surface area contributed by atoms with Crippen LogP contribution in [-0.2, 0) is 0 Å². The molecule has 0 saturated carbocycles. The molecule has 2 saturated heterocycles. The Morgan fingerprint density at radius 3 is 2.71 bits per heavy atom. The number of aromatic nitrogens is 2. The van der Waals surface area contributed by atoms with Gasteiger partial charge in [0, 0.05) is 18.1 Å². The molecule has 1 N–H and O–H groups in total. The number of hydrogen-bond donors (Lipinski definition) is 1. The first-order valence-corrected chi connectivity index (χ1v) is 8.88. The van der Waals surface area contributed by atoms with Crippen LogP contribution in [0.4, 0.5) is 0 Å². The summed E-state index contributed by atoms with van der Waals surface area (Å²) in [6.45, 7) is 0. The lowest BCUT2D eigenvalue weighted by atomic mass is 9.82. The summed E-state index contributed by atoms with van der Waals surface area (Å²) in [5, 5.41) is 2.73. The van der Waals surface area contributed by atoms with E-state index in [0.717, 1.165) is 23.1 Å². The maximum absolute atomic E-state index is 12.8. The van der Waals surface area contributed by atoms with Crippen molar-refractivity contribution in [3.63, 3.8) is 0 Å². The number of hydrogen-bond acceptors (Lipinski definition) is 4. The summed E-state index contributed by atoms with van der Waals surface area (Å²) in [5.74, 6) is 0. The van der Waals surface area contributed by atoms with Crippen molar-refractivity contribution >= 4 is 33.8 Å². The fraction of sp³-hybridized carbons (Fsp3) is 0.600. The van der Waals surface area contributed by atoms with Crippen LogP contribution in [0.1, 0.15) is 38.1 Å². The first kappa shape index (κ1) is 13.7. The van der Waals surface area contributed by atoms with Gasteiger partial charge in [-0.2, -0.15) is 0 Å². The Balaban J connectivity index is 1.80. The van der Waals surface area contributed by atoms with E-state index in [9.17, 15) is 4.79 Å². The van der Waals surface area contributed by atoms with Crippen molar-refractivity contribution in [2.45, 2.75) is 50.2 Å². The Morgan fingerprint density at radius 2 is 2.00 bits per heavy atom. The lowest BCUT2D eigenvalue weighted by Crippen LogP contribution is -2.51. The molecule has 2 bridgehead atoms. The Hall–Kier alpha value is -0.980. The highest BCUT2D eigenvalue weighted by Crippen LogP contribution is 2.37. The molecule has 0 radical (unpaired) electrons. The molecule has 21 heavy (non-hydrogen) atoms. The molecule has 4 rings (SSSR count). The largest absolute Gasteiger partial charge is 0.323 e. The van der Waals surface area contributed by atoms with Crippen molar-refractivity contribution in [3.05, 3.63) is 26.6 Å². The third-order valence-corrected chi connectivity index (χ3v) is 6.36. The fourth-order valence-electron chi connectivity index (χ4n) is 4.08. The monoisotopic (exact) mass is 321 g/mol. The van der Waals surface area contributed by atoms with Crippen molar-refractivity contribution in [2.24, 2.45) is 0 Å². The minimum absolute atomic E-state index is 0.0858. The second-order valence-corrected chi connectivity index (χ2v) is 7.60. The summed E-state index contributed by atoms with van der Waals surface area (Å²) >= 11 is 7.02. The second kappa shape index (κ2) is 5.04. The van der Waals surface area contributed by atoms with Crippen LogP contribution in [0.3, 0.4) is 0 Å². The molecule has 112 valence electrons. The maximum atomic E-state index is 12.8. The third kappa shape index (κ3) is 2.12. The van der Waals surface area contributed by atoms with Crippen LogP contribution in [0.15, 0.2) is 16.2 Å². The number of nitrogens with zero attached hydrogens (tertiary/aromatic N) is 2. The van der Waals surface area contributed by atoms with Crippen LogP contribution >= 0.6 is 23.6 Å². The second-order valence-electron chi connectivity index (χ2n) is 6.30. The topological polar surface area (TPSA) is 41.0 Å². The number of H-pyrrole nitrogens is 1. The minimum Gasteiger partial charge on any atom is -0.323 e. The summed E-state index contributed by atoms with van der Waals surface area (Å²) in [7, 11) is 2.23. The number of fused-ring (bicyclic) bond motifs is 3. The molecule has 0 aliphatic carbocycles. The van der Waals surface area contributed by atoms with Gasteiger partial charge in [0.15, 0.2) is 4.77 Å². The Morgan fingerprint density at radius 1 is 1.29 bits per heavy atom. The van der Waals surface area contributed by atoms with E-state index in [-0.39, 0.29) is 11.6 Å². The molecular formula is C15H19N3OS2. The standard InChI is InChI=1S/C15H19N3OS2/c1-17-9-3-2-4-10(17)8-11(7-9)18-14(19)12-5-6-21-13(12)16-15(18)20/h5-6,9-11H,2-4,7-8H2,1H3,(H,16,20). The predicted octanol–water partition coefficient (Wildman–Crippen LogP) is 3.31. The summed E-state index contributed by atoms with van der Waals surface area (Å²) in [4.78, 5) is 19.4. The fourth-order valence-corrected chi connectivity index (χ4v) is 5.26. The number of thiophene rings is 1. The van der Waals surface area contributed by atoms with Crippen LogP contribution in [0.2, 0.25) is 0 Å². The summed E-state index contributed by atoms with van der Waals surface area (Å²) in [6, 6.07) is 3.35. The first-order chi connectivity index (χ1) is 10.1. The number of aromatic amines is 1. The Bertz CT molecular complexity index is 776. The molecule has 4 nitrogen and oxygen atoms in total. The van der Waals surface area contributed by atoms with Gasteiger partial charge in [-0.15, -0.1) is 11.3 Å². The number of rotatable bonds is 1. The molecule has 2 aliphatic heterocycles. The molecule has 0 aromatic carbocycles. The Labute approximate surface area is 132 Å². The average molecular weight is 321 g/mol. The summed E-state index contributed by atoms with van der Waals surface area (Å²) in [5.41, 5.74) is 0.0858. The van der Waals surface area contributed by atoms with E-state index >= 15 is 0 Å². The van der Waals surface area contributed by atoms with Crippen LogP contribution < -0.4 is 5.56 Å². The summed E-state index contributed by atoms with van der Waals surface area (Å²) < 4.78 is 2.44. The van der Waals surface area contributed by atoms with Gasteiger partial charge in [0.05, 0.1) is 5.39 Å². The number of piperidine rings is 2. The lowest BCUT2D eigenvalue weighted by molar-refractivity contribution is 0.0387. The van der Waals surface area contributed by atoms with E-state index in [1.807, 2.05) is 16.0 Å². The molecular weight excluding hydrogens is 302 g/mol. The highest BCUT2D eigenvalue weighted by Gasteiger charge is 2.37.